The second-order valence-corrected chi connectivity index (χ2v) is 6.50. The number of aliphatic hydroxyl groups excluding tert-OH is 2. The Kier molecular flexibility index (Phi) is 3.65. The van der Waals surface area contributed by atoms with Gasteiger partial charge in [0.05, 0.1) is 6.10 Å². The summed E-state index contributed by atoms with van der Waals surface area (Å²) in [6, 6.07) is 0. The van der Waals surface area contributed by atoms with Crippen LogP contribution >= 0.6 is 0 Å². The van der Waals surface area contributed by atoms with E-state index in [0.29, 0.717) is 18.8 Å². The van der Waals surface area contributed by atoms with Crippen molar-refractivity contribution < 1.29 is 15.0 Å². The molecular weight excluding hydrogens is 228 g/mol. The van der Waals surface area contributed by atoms with Crippen LogP contribution in [0.5, 0.6) is 0 Å². The number of carbonyl (C=O) groups is 1. The van der Waals surface area contributed by atoms with Gasteiger partial charge < -0.3 is 10.2 Å². The average molecular weight is 252 g/mol. The molecule has 102 valence electrons. The normalized spacial score (nSPS) is 42.2. The van der Waals surface area contributed by atoms with Crippen molar-refractivity contribution in [3.63, 3.8) is 0 Å². The van der Waals surface area contributed by atoms with Gasteiger partial charge in [-0.25, -0.2) is 0 Å². The Hall–Kier alpha value is -0.670. The molecule has 18 heavy (non-hydrogen) atoms. The maximum Gasteiger partial charge on any atom is 0.156 e. The standard InChI is InChI=1S/C15H24O3/c1-9-4-12(17)7-15(3)13(9)5-11(6-14(15)18)10(2)8-16/h4,10-11,13-14,16,18H,5-8H2,1-3H3/t10?,11-,13+,14-,15-/m1/s1. The molecule has 1 saturated carbocycles. The van der Waals surface area contributed by atoms with E-state index in [1.807, 2.05) is 20.8 Å². The number of fused-ring (bicyclic) bond motifs is 1. The predicted octanol–water partition coefficient (Wildman–Crippen LogP) is 1.93. The first-order valence-electron chi connectivity index (χ1n) is 6.88. The molecule has 0 aromatic rings. The van der Waals surface area contributed by atoms with E-state index >= 15 is 0 Å². The van der Waals surface area contributed by atoms with Crippen molar-refractivity contribution in [3.05, 3.63) is 11.6 Å². The average Bonchev–Trinajstić information content (AvgIpc) is 2.29. The molecule has 0 amide bonds. The quantitative estimate of drug-likeness (QED) is 0.789. The molecule has 0 radical (unpaired) electrons. The summed E-state index contributed by atoms with van der Waals surface area (Å²) in [4.78, 5) is 11.7. The van der Waals surface area contributed by atoms with Gasteiger partial charge in [-0.15, -0.1) is 0 Å². The molecular formula is C15H24O3. The summed E-state index contributed by atoms with van der Waals surface area (Å²) in [7, 11) is 0. The lowest BCUT2D eigenvalue weighted by Gasteiger charge is -2.51. The fourth-order valence-corrected chi connectivity index (χ4v) is 3.80. The highest BCUT2D eigenvalue weighted by Crippen LogP contribution is 2.52. The van der Waals surface area contributed by atoms with E-state index in [4.69, 9.17) is 0 Å². The first-order chi connectivity index (χ1) is 8.38. The van der Waals surface area contributed by atoms with Crippen molar-refractivity contribution in [2.75, 3.05) is 6.61 Å². The third-order valence-electron chi connectivity index (χ3n) is 5.21. The summed E-state index contributed by atoms with van der Waals surface area (Å²) in [6.07, 6.45) is 3.43. The van der Waals surface area contributed by atoms with E-state index < -0.39 is 6.10 Å². The monoisotopic (exact) mass is 252 g/mol. The number of carbonyl (C=O) groups excluding carboxylic acids is 1. The van der Waals surface area contributed by atoms with Gasteiger partial charge >= 0.3 is 0 Å². The van der Waals surface area contributed by atoms with Crippen molar-refractivity contribution >= 4 is 5.78 Å². The van der Waals surface area contributed by atoms with Gasteiger partial charge in [0.15, 0.2) is 5.78 Å². The lowest BCUT2D eigenvalue weighted by molar-refractivity contribution is -0.126. The van der Waals surface area contributed by atoms with Crippen molar-refractivity contribution in [2.24, 2.45) is 23.2 Å². The Labute approximate surface area is 109 Å². The van der Waals surface area contributed by atoms with E-state index in [1.54, 1.807) is 6.08 Å². The smallest absolute Gasteiger partial charge is 0.156 e. The predicted molar refractivity (Wildman–Crippen MR) is 70.0 cm³/mol. The van der Waals surface area contributed by atoms with E-state index in [0.717, 1.165) is 12.0 Å². The van der Waals surface area contributed by atoms with Crippen LogP contribution < -0.4 is 0 Å². The molecule has 0 aromatic heterocycles. The molecule has 2 rings (SSSR count). The molecule has 0 saturated heterocycles. The second kappa shape index (κ2) is 4.78. The van der Waals surface area contributed by atoms with Crippen molar-refractivity contribution in [3.8, 4) is 0 Å². The molecule has 2 aliphatic carbocycles. The Bertz CT molecular complexity index is 374. The van der Waals surface area contributed by atoms with Crippen LogP contribution in [0.15, 0.2) is 11.6 Å². The van der Waals surface area contributed by atoms with Crippen molar-refractivity contribution in [1.82, 2.24) is 0 Å². The minimum absolute atomic E-state index is 0.138. The molecule has 1 fully saturated rings. The summed E-state index contributed by atoms with van der Waals surface area (Å²) < 4.78 is 0. The van der Waals surface area contributed by atoms with E-state index in [-0.39, 0.29) is 29.6 Å². The highest BCUT2D eigenvalue weighted by Gasteiger charge is 2.50. The first-order valence-corrected chi connectivity index (χ1v) is 6.88. The number of allylic oxidation sites excluding steroid dienone is 2. The van der Waals surface area contributed by atoms with Gasteiger partial charge in [0.25, 0.3) is 0 Å². The zero-order chi connectivity index (χ0) is 13.5. The Morgan fingerprint density at radius 1 is 1.50 bits per heavy atom. The second-order valence-electron chi connectivity index (χ2n) is 6.50. The van der Waals surface area contributed by atoms with E-state index in [1.165, 1.54) is 0 Å². The lowest BCUT2D eigenvalue weighted by atomic mass is 9.55. The Morgan fingerprint density at radius 2 is 2.17 bits per heavy atom. The van der Waals surface area contributed by atoms with Crippen LogP contribution in [0.3, 0.4) is 0 Å². The van der Waals surface area contributed by atoms with Crippen LogP contribution in [0.1, 0.15) is 40.0 Å². The van der Waals surface area contributed by atoms with Crippen LogP contribution in [0.4, 0.5) is 0 Å². The van der Waals surface area contributed by atoms with Crippen LogP contribution in [0.2, 0.25) is 0 Å². The van der Waals surface area contributed by atoms with Crippen molar-refractivity contribution in [2.45, 2.75) is 46.1 Å². The number of aliphatic hydroxyl groups is 2. The molecule has 0 aliphatic heterocycles. The van der Waals surface area contributed by atoms with Crippen LogP contribution in [0, 0.1) is 23.2 Å². The van der Waals surface area contributed by atoms with E-state index in [2.05, 4.69) is 0 Å². The summed E-state index contributed by atoms with van der Waals surface area (Å²) in [5.41, 5.74) is 0.796. The third kappa shape index (κ3) is 2.14. The minimum atomic E-state index is -0.442. The van der Waals surface area contributed by atoms with Gasteiger partial charge in [-0.3, -0.25) is 4.79 Å². The molecule has 0 aromatic carbocycles. The summed E-state index contributed by atoms with van der Waals surface area (Å²) in [6.45, 7) is 6.24. The molecule has 3 heteroatoms. The van der Waals surface area contributed by atoms with Gasteiger partial charge in [0.2, 0.25) is 0 Å². The van der Waals surface area contributed by atoms with Gasteiger partial charge in [-0.05, 0) is 43.6 Å². The molecule has 0 heterocycles. The zero-order valence-corrected chi connectivity index (χ0v) is 11.5. The van der Waals surface area contributed by atoms with Crippen molar-refractivity contribution in [1.29, 1.82) is 0 Å². The summed E-state index contributed by atoms with van der Waals surface area (Å²) in [5.74, 6) is 0.978. The molecule has 0 bridgehead atoms. The number of hydrogen-bond donors (Lipinski definition) is 2. The number of hydrogen-bond acceptors (Lipinski definition) is 3. The number of ketones is 1. The Balaban J connectivity index is 2.28. The topological polar surface area (TPSA) is 57.5 Å². The first kappa shape index (κ1) is 13.8. The highest BCUT2D eigenvalue weighted by atomic mass is 16.3. The number of rotatable bonds is 2. The van der Waals surface area contributed by atoms with E-state index in [9.17, 15) is 15.0 Å². The summed E-state index contributed by atoms with van der Waals surface area (Å²) >= 11 is 0. The summed E-state index contributed by atoms with van der Waals surface area (Å²) in [5, 5.41) is 19.7. The maximum atomic E-state index is 11.7. The molecule has 2 aliphatic rings. The largest absolute Gasteiger partial charge is 0.396 e. The molecule has 0 spiro atoms. The minimum Gasteiger partial charge on any atom is -0.396 e. The van der Waals surface area contributed by atoms with Gasteiger partial charge in [0.1, 0.15) is 0 Å². The fraction of sp³-hybridized carbons (Fsp3) is 0.800. The lowest BCUT2D eigenvalue weighted by Crippen LogP contribution is -2.50. The zero-order valence-electron chi connectivity index (χ0n) is 11.5. The molecule has 5 atom stereocenters. The third-order valence-corrected chi connectivity index (χ3v) is 5.21. The van der Waals surface area contributed by atoms with Crippen LogP contribution in [-0.4, -0.2) is 28.7 Å². The molecule has 2 N–H and O–H groups in total. The SMILES string of the molecule is CC1=CC(=O)C[C@@]2(C)[C@H](O)C[C@H](C(C)CO)C[C@@H]12. The van der Waals surface area contributed by atoms with Gasteiger partial charge in [0, 0.05) is 18.4 Å². The Morgan fingerprint density at radius 3 is 2.78 bits per heavy atom. The van der Waals surface area contributed by atoms with Crippen LogP contribution in [-0.2, 0) is 4.79 Å². The highest BCUT2D eigenvalue weighted by molar-refractivity contribution is 5.92. The van der Waals surface area contributed by atoms with Gasteiger partial charge in [-0.2, -0.15) is 0 Å². The maximum absolute atomic E-state index is 11.7. The van der Waals surface area contributed by atoms with Crippen LogP contribution in [0.25, 0.3) is 0 Å². The molecule has 3 nitrogen and oxygen atoms in total. The molecule has 1 unspecified atom stereocenters. The fourth-order valence-electron chi connectivity index (χ4n) is 3.80. The van der Waals surface area contributed by atoms with Gasteiger partial charge in [-0.1, -0.05) is 19.4 Å².